The number of fused-ring (bicyclic) bond motifs is 1. The van der Waals surface area contributed by atoms with Gasteiger partial charge in [-0.3, -0.25) is 4.40 Å². The van der Waals surface area contributed by atoms with E-state index in [9.17, 15) is 0 Å². The second kappa shape index (κ2) is 4.03. The smallest absolute Gasteiger partial charge is 0.155 e. The van der Waals surface area contributed by atoms with Crippen LogP contribution in [-0.4, -0.2) is 9.38 Å². The summed E-state index contributed by atoms with van der Waals surface area (Å²) in [5.41, 5.74) is 9.59. The second-order valence-corrected chi connectivity index (χ2v) is 4.67. The van der Waals surface area contributed by atoms with Crippen molar-refractivity contribution >= 4 is 22.8 Å². The molecule has 0 radical (unpaired) electrons. The Labute approximate surface area is 110 Å². The monoisotopic (exact) mass is 257 g/mol. The summed E-state index contributed by atoms with van der Waals surface area (Å²) in [6.45, 7) is 2.05. The molecule has 1 aromatic carbocycles. The van der Waals surface area contributed by atoms with Gasteiger partial charge < -0.3 is 5.73 Å². The summed E-state index contributed by atoms with van der Waals surface area (Å²) in [5.74, 6) is 0.808. The normalized spacial score (nSPS) is 11.0. The number of aryl methyl sites for hydroxylation is 1. The highest BCUT2D eigenvalue weighted by Crippen LogP contribution is 2.26. The van der Waals surface area contributed by atoms with Gasteiger partial charge in [0.2, 0.25) is 0 Å². The molecule has 0 amide bonds. The van der Waals surface area contributed by atoms with E-state index in [1.165, 1.54) is 5.56 Å². The van der Waals surface area contributed by atoms with E-state index >= 15 is 0 Å². The number of pyridine rings is 1. The van der Waals surface area contributed by atoms with Gasteiger partial charge in [-0.05, 0) is 19.1 Å². The third kappa shape index (κ3) is 1.73. The summed E-state index contributed by atoms with van der Waals surface area (Å²) in [6, 6.07) is 11.9. The third-order valence-electron chi connectivity index (χ3n) is 2.92. The number of aromatic nitrogens is 2. The summed E-state index contributed by atoms with van der Waals surface area (Å²) in [4.78, 5) is 4.40. The number of halogens is 1. The number of nitrogens with two attached hydrogens (primary N) is 1. The number of hydrogen-bond donors (Lipinski definition) is 1. The minimum Gasteiger partial charge on any atom is -0.398 e. The van der Waals surface area contributed by atoms with Crippen LogP contribution in [0.15, 0.2) is 42.6 Å². The maximum atomic E-state index is 6.14. The van der Waals surface area contributed by atoms with Crippen molar-refractivity contribution in [1.82, 2.24) is 9.38 Å². The first-order valence-corrected chi connectivity index (χ1v) is 6.03. The van der Waals surface area contributed by atoms with Crippen molar-refractivity contribution in [3.05, 3.63) is 53.3 Å². The standard InChI is InChI=1S/C14H12ClN3/c1-9-2-4-10(5-3-9)14-17-13(15)12-7-6-11(16)8-18(12)14/h2-8H,16H2,1H3. The zero-order chi connectivity index (χ0) is 12.7. The number of anilines is 1. The topological polar surface area (TPSA) is 43.3 Å². The maximum Gasteiger partial charge on any atom is 0.155 e. The number of hydrogen-bond acceptors (Lipinski definition) is 2. The summed E-state index contributed by atoms with van der Waals surface area (Å²) in [6.07, 6.45) is 1.84. The van der Waals surface area contributed by atoms with E-state index in [4.69, 9.17) is 17.3 Å². The lowest BCUT2D eigenvalue weighted by atomic mass is 10.1. The molecular weight excluding hydrogens is 246 g/mol. The molecule has 2 N–H and O–H groups in total. The summed E-state index contributed by atoms with van der Waals surface area (Å²) >= 11 is 6.14. The van der Waals surface area contributed by atoms with Gasteiger partial charge in [-0.15, -0.1) is 0 Å². The molecule has 0 unspecified atom stereocenters. The van der Waals surface area contributed by atoms with Crippen molar-refractivity contribution in [3.63, 3.8) is 0 Å². The van der Waals surface area contributed by atoms with E-state index in [1.807, 2.05) is 34.9 Å². The Morgan fingerprint density at radius 1 is 1.11 bits per heavy atom. The third-order valence-corrected chi connectivity index (χ3v) is 3.20. The summed E-state index contributed by atoms with van der Waals surface area (Å²) in [5, 5.41) is 0.491. The fourth-order valence-corrected chi connectivity index (χ4v) is 2.20. The molecule has 0 saturated carbocycles. The molecule has 18 heavy (non-hydrogen) atoms. The zero-order valence-corrected chi connectivity index (χ0v) is 10.6. The number of imidazole rings is 1. The molecule has 2 heterocycles. The van der Waals surface area contributed by atoms with Gasteiger partial charge in [0.25, 0.3) is 0 Å². The number of rotatable bonds is 1. The van der Waals surface area contributed by atoms with Crippen molar-refractivity contribution < 1.29 is 0 Å². The van der Waals surface area contributed by atoms with Crippen LogP contribution in [0.25, 0.3) is 16.9 Å². The quantitative estimate of drug-likeness (QED) is 0.725. The molecule has 0 saturated heterocycles. The Bertz CT molecular complexity index is 714. The molecule has 0 aliphatic carbocycles. The molecule has 0 aliphatic heterocycles. The number of benzene rings is 1. The Balaban J connectivity index is 2.28. The fraction of sp³-hybridized carbons (Fsp3) is 0.0714. The van der Waals surface area contributed by atoms with Crippen LogP contribution in [0.2, 0.25) is 5.15 Å². The molecular formula is C14H12ClN3. The van der Waals surface area contributed by atoms with Crippen molar-refractivity contribution in [1.29, 1.82) is 0 Å². The Hall–Kier alpha value is -2.00. The van der Waals surface area contributed by atoms with Gasteiger partial charge in [-0.25, -0.2) is 4.98 Å². The van der Waals surface area contributed by atoms with Crippen molar-refractivity contribution in [3.8, 4) is 11.4 Å². The highest BCUT2D eigenvalue weighted by molar-refractivity contribution is 6.32. The van der Waals surface area contributed by atoms with Gasteiger partial charge >= 0.3 is 0 Å². The van der Waals surface area contributed by atoms with E-state index in [2.05, 4.69) is 24.0 Å². The van der Waals surface area contributed by atoms with Crippen LogP contribution >= 0.6 is 11.6 Å². The maximum absolute atomic E-state index is 6.14. The van der Waals surface area contributed by atoms with Crippen molar-refractivity contribution in [2.24, 2.45) is 0 Å². The zero-order valence-electron chi connectivity index (χ0n) is 9.89. The molecule has 0 aliphatic rings. The molecule has 0 spiro atoms. The first-order chi connectivity index (χ1) is 8.65. The predicted octanol–water partition coefficient (Wildman–Crippen LogP) is 3.55. The van der Waals surface area contributed by atoms with Gasteiger partial charge in [-0.1, -0.05) is 41.4 Å². The van der Waals surface area contributed by atoms with Crippen LogP contribution in [0.5, 0.6) is 0 Å². The lowest BCUT2D eigenvalue weighted by molar-refractivity contribution is 1.16. The SMILES string of the molecule is Cc1ccc(-c2nc(Cl)c3ccc(N)cn23)cc1. The van der Waals surface area contributed by atoms with Crippen molar-refractivity contribution in [2.75, 3.05) is 5.73 Å². The summed E-state index contributed by atoms with van der Waals surface area (Å²) in [7, 11) is 0. The molecule has 2 aromatic heterocycles. The Kier molecular flexibility index (Phi) is 2.49. The number of nitrogen functional groups attached to an aromatic ring is 1. The Morgan fingerprint density at radius 3 is 2.56 bits per heavy atom. The van der Waals surface area contributed by atoms with Crippen LogP contribution in [0.3, 0.4) is 0 Å². The first-order valence-electron chi connectivity index (χ1n) is 5.65. The van der Waals surface area contributed by atoms with Crippen molar-refractivity contribution in [2.45, 2.75) is 6.92 Å². The van der Waals surface area contributed by atoms with E-state index in [0.29, 0.717) is 10.8 Å². The molecule has 90 valence electrons. The van der Waals surface area contributed by atoms with E-state index in [-0.39, 0.29) is 0 Å². The minimum atomic E-state index is 0.491. The summed E-state index contributed by atoms with van der Waals surface area (Å²) < 4.78 is 1.92. The van der Waals surface area contributed by atoms with Gasteiger partial charge in [0, 0.05) is 17.4 Å². The van der Waals surface area contributed by atoms with E-state index in [0.717, 1.165) is 16.9 Å². The van der Waals surface area contributed by atoms with Crippen LogP contribution in [-0.2, 0) is 0 Å². The number of nitrogens with zero attached hydrogens (tertiary/aromatic N) is 2. The average Bonchev–Trinajstić information content (AvgIpc) is 2.67. The van der Waals surface area contributed by atoms with Crippen LogP contribution in [0.4, 0.5) is 5.69 Å². The van der Waals surface area contributed by atoms with Gasteiger partial charge in [0.1, 0.15) is 5.82 Å². The van der Waals surface area contributed by atoms with E-state index in [1.54, 1.807) is 0 Å². The van der Waals surface area contributed by atoms with Gasteiger partial charge in [-0.2, -0.15) is 0 Å². The average molecular weight is 258 g/mol. The van der Waals surface area contributed by atoms with Crippen LogP contribution < -0.4 is 5.73 Å². The molecule has 0 fully saturated rings. The lowest BCUT2D eigenvalue weighted by Gasteiger charge is -2.02. The Morgan fingerprint density at radius 2 is 1.83 bits per heavy atom. The molecule has 3 aromatic rings. The van der Waals surface area contributed by atoms with Gasteiger partial charge in [0.05, 0.1) is 5.52 Å². The van der Waals surface area contributed by atoms with Crippen LogP contribution in [0, 0.1) is 6.92 Å². The van der Waals surface area contributed by atoms with E-state index < -0.39 is 0 Å². The molecule has 3 rings (SSSR count). The lowest BCUT2D eigenvalue weighted by Crippen LogP contribution is -1.92. The molecule has 0 bridgehead atoms. The second-order valence-electron chi connectivity index (χ2n) is 4.31. The largest absolute Gasteiger partial charge is 0.398 e. The highest BCUT2D eigenvalue weighted by Gasteiger charge is 2.10. The fourth-order valence-electron chi connectivity index (χ4n) is 1.97. The molecule has 4 heteroatoms. The molecule has 3 nitrogen and oxygen atoms in total. The van der Waals surface area contributed by atoms with Crippen LogP contribution in [0.1, 0.15) is 5.56 Å². The first kappa shape index (κ1) is 11.1. The van der Waals surface area contributed by atoms with Gasteiger partial charge in [0.15, 0.2) is 5.15 Å². The molecule has 0 atom stereocenters. The highest BCUT2D eigenvalue weighted by atomic mass is 35.5. The predicted molar refractivity (Wildman–Crippen MR) is 74.8 cm³/mol. The minimum absolute atomic E-state index is 0.491.